The zero-order chi connectivity index (χ0) is 14.1. The molecule has 1 aromatic carbocycles. The van der Waals surface area contributed by atoms with E-state index < -0.39 is 0 Å². The fraction of sp³-hybridized carbons (Fsp3) is 0.250. The van der Waals surface area contributed by atoms with Gasteiger partial charge in [0.25, 0.3) is 0 Å². The summed E-state index contributed by atoms with van der Waals surface area (Å²) in [5.41, 5.74) is 9.17. The van der Waals surface area contributed by atoms with Gasteiger partial charge in [-0.15, -0.1) is 0 Å². The largest absolute Gasteiger partial charge is 0.497 e. The zero-order valence-corrected chi connectivity index (χ0v) is 11.2. The standard InChI is InChI=1S/C16H15N3O/c1-20-12-4-2-10(8-17)14(6-12)16-5-3-11(9-19-16)13-7-15(13)18/h2-6,9,13,15H,7,18H2,1H3/t13-,15+/m0/s1. The van der Waals surface area contributed by atoms with E-state index in [0.717, 1.165) is 17.7 Å². The molecule has 1 saturated carbocycles. The van der Waals surface area contributed by atoms with Crippen molar-refractivity contribution >= 4 is 0 Å². The summed E-state index contributed by atoms with van der Waals surface area (Å²) in [5.74, 6) is 1.16. The molecule has 2 N–H and O–H groups in total. The lowest BCUT2D eigenvalue weighted by Gasteiger charge is -2.07. The molecule has 0 radical (unpaired) electrons. The monoisotopic (exact) mass is 265 g/mol. The molecule has 3 rings (SSSR count). The second kappa shape index (κ2) is 4.95. The van der Waals surface area contributed by atoms with Gasteiger partial charge in [0.05, 0.1) is 24.4 Å². The highest BCUT2D eigenvalue weighted by molar-refractivity contribution is 5.69. The normalized spacial score (nSPS) is 20.2. The first-order valence-electron chi connectivity index (χ1n) is 6.53. The smallest absolute Gasteiger partial charge is 0.119 e. The summed E-state index contributed by atoms with van der Waals surface area (Å²) in [6.07, 6.45) is 2.89. The van der Waals surface area contributed by atoms with E-state index in [4.69, 9.17) is 10.5 Å². The van der Waals surface area contributed by atoms with Gasteiger partial charge in [0, 0.05) is 23.7 Å². The highest BCUT2D eigenvalue weighted by Crippen LogP contribution is 2.39. The maximum absolute atomic E-state index is 9.20. The van der Waals surface area contributed by atoms with E-state index in [9.17, 15) is 5.26 Å². The Balaban J connectivity index is 1.98. The Morgan fingerprint density at radius 1 is 1.35 bits per heavy atom. The Morgan fingerprint density at radius 2 is 2.15 bits per heavy atom. The number of rotatable bonds is 3. The van der Waals surface area contributed by atoms with Crippen molar-refractivity contribution in [3.63, 3.8) is 0 Å². The van der Waals surface area contributed by atoms with Gasteiger partial charge in [-0.05, 0) is 36.2 Å². The molecular weight excluding hydrogens is 250 g/mol. The number of nitrogens with two attached hydrogens (primary N) is 1. The predicted molar refractivity (Wildman–Crippen MR) is 76.3 cm³/mol. The number of hydrogen-bond donors (Lipinski definition) is 1. The van der Waals surface area contributed by atoms with Gasteiger partial charge in [-0.25, -0.2) is 0 Å². The molecule has 1 fully saturated rings. The number of methoxy groups -OCH3 is 1. The minimum atomic E-state index is 0.272. The van der Waals surface area contributed by atoms with Crippen molar-refractivity contribution in [3.8, 4) is 23.1 Å². The fourth-order valence-electron chi connectivity index (χ4n) is 2.34. The summed E-state index contributed by atoms with van der Waals surface area (Å²) in [6, 6.07) is 11.8. The lowest BCUT2D eigenvalue weighted by Crippen LogP contribution is -2.01. The summed E-state index contributed by atoms with van der Waals surface area (Å²) in [4.78, 5) is 4.47. The number of nitriles is 1. The van der Waals surface area contributed by atoms with Crippen LogP contribution in [0.5, 0.6) is 5.75 Å². The molecule has 1 aliphatic rings. The first-order chi connectivity index (χ1) is 9.72. The molecule has 0 unspecified atom stereocenters. The maximum atomic E-state index is 9.20. The van der Waals surface area contributed by atoms with Crippen LogP contribution in [0.3, 0.4) is 0 Å². The second-order valence-corrected chi connectivity index (χ2v) is 5.01. The van der Waals surface area contributed by atoms with Gasteiger partial charge in [-0.3, -0.25) is 4.98 Å². The van der Waals surface area contributed by atoms with Gasteiger partial charge in [-0.2, -0.15) is 5.26 Å². The molecule has 2 aromatic rings. The molecule has 4 heteroatoms. The predicted octanol–water partition coefficient (Wildman–Crippen LogP) is 2.44. The Hall–Kier alpha value is -2.38. The summed E-state index contributed by atoms with van der Waals surface area (Å²) < 4.78 is 5.21. The van der Waals surface area contributed by atoms with Gasteiger partial charge in [0.15, 0.2) is 0 Å². The van der Waals surface area contributed by atoms with Crippen LogP contribution in [0.1, 0.15) is 23.5 Å². The van der Waals surface area contributed by atoms with Crippen molar-refractivity contribution in [2.75, 3.05) is 7.11 Å². The van der Waals surface area contributed by atoms with Gasteiger partial charge >= 0.3 is 0 Å². The van der Waals surface area contributed by atoms with Crippen LogP contribution in [0.25, 0.3) is 11.3 Å². The van der Waals surface area contributed by atoms with Gasteiger partial charge in [0.1, 0.15) is 5.75 Å². The maximum Gasteiger partial charge on any atom is 0.119 e. The first kappa shape index (κ1) is 12.6. The number of nitrogens with zero attached hydrogens (tertiary/aromatic N) is 2. The van der Waals surface area contributed by atoms with Crippen LogP contribution in [0.2, 0.25) is 0 Å². The average Bonchev–Trinajstić information content (AvgIpc) is 3.23. The minimum absolute atomic E-state index is 0.272. The topological polar surface area (TPSA) is 71.9 Å². The number of pyridine rings is 1. The van der Waals surface area contributed by atoms with Crippen molar-refractivity contribution in [1.29, 1.82) is 5.26 Å². The third kappa shape index (κ3) is 2.24. The molecule has 0 aliphatic heterocycles. The van der Waals surface area contributed by atoms with Crippen molar-refractivity contribution in [1.82, 2.24) is 4.98 Å². The molecule has 0 spiro atoms. The molecule has 0 amide bonds. The lowest BCUT2D eigenvalue weighted by molar-refractivity contribution is 0.415. The molecule has 1 aliphatic carbocycles. The molecular formula is C16H15N3O. The van der Waals surface area contributed by atoms with Crippen LogP contribution in [-0.2, 0) is 0 Å². The Kier molecular flexibility index (Phi) is 3.13. The van der Waals surface area contributed by atoms with Crippen LogP contribution in [0.4, 0.5) is 0 Å². The SMILES string of the molecule is COc1ccc(C#N)c(-c2ccc([C@@H]3C[C@H]3N)cn2)c1. The summed E-state index contributed by atoms with van der Waals surface area (Å²) in [7, 11) is 1.61. The molecule has 0 saturated heterocycles. The van der Waals surface area contributed by atoms with Crippen LogP contribution in [0.15, 0.2) is 36.5 Å². The number of benzene rings is 1. The molecule has 100 valence electrons. The third-order valence-electron chi connectivity index (χ3n) is 3.68. The van der Waals surface area contributed by atoms with E-state index in [1.165, 1.54) is 5.56 Å². The fourth-order valence-corrected chi connectivity index (χ4v) is 2.34. The van der Waals surface area contributed by atoms with Crippen LogP contribution in [-0.4, -0.2) is 18.1 Å². The van der Waals surface area contributed by atoms with Crippen molar-refractivity contribution < 1.29 is 4.74 Å². The van der Waals surface area contributed by atoms with Crippen molar-refractivity contribution in [3.05, 3.63) is 47.7 Å². The summed E-state index contributed by atoms with van der Waals surface area (Å²) in [6.45, 7) is 0. The Bertz CT molecular complexity index is 673. The highest BCUT2D eigenvalue weighted by Gasteiger charge is 2.34. The van der Waals surface area contributed by atoms with E-state index in [0.29, 0.717) is 17.2 Å². The zero-order valence-electron chi connectivity index (χ0n) is 11.2. The number of ether oxygens (including phenoxy) is 1. The van der Waals surface area contributed by atoms with Gasteiger partial charge in [0.2, 0.25) is 0 Å². The molecule has 1 aromatic heterocycles. The number of hydrogen-bond acceptors (Lipinski definition) is 4. The van der Waals surface area contributed by atoms with E-state index in [1.807, 2.05) is 24.4 Å². The van der Waals surface area contributed by atoms with Crippen LogP contribution in [0, 0.1) is 11.3 Å². The third-order valence-corrected chi connectivity index (χ3v) is 3.68. The Morgan fingerprint density at radius 3 is 2.70 bits per heavy atom. The summed E-state index contributed by atoms with van der Waals surface area (Å²) >= 11 is 0. The van der Waals surface area contributed by atoms with E-state index in [2.05, 4.69) is 11.1 Å². The highest BCUT2D eigenvalue weighted by atomic mass is 16.5. The molecule has 1 heterocycles. The average molecular weight is 265 g/mol. The molecule has 20 heavy (non-hydrogen) atoms. The molecule has 0 bridgehead atoms. The van der Waals surface area contributed by atoms with Crippen LogP contribution < -0.4 is 10.5 Å². The summed E-state index contributed by atoms with van der Waals surface area (Å²) in [5, 5.41) is 9.20. The van der Waals surface area contributed by atoms with Gasteiger partial charge < -0.3 is 10.5 Å². The van der Waals surface area contributed by atoms with Crippen molar-refractivity contribution in [2.24, 2.45) is 5.73 Å². The second-order valence-electron chi connectivity index (χ2n) is 5.01. The van der Waals surface area contributed by atoms with Crippen LogP contribution >= 0.6 is 0 Å². The van der Waals surface area contributed by atoms with Crippen molar-refractivity contribution in [2.45, 2.75) is 18.4 Å². The quantitative estimate of drug-likeness (QED) is 0.925. The van der Waals surface area contributed by atoms with Gasteiger partial charge in [-0.1, -0.05) is 6.07 Å². The molecule has 4 nitrogen and oxygen atoms in total. The van der Waals surface area contributed by atoms with E-state index >= 15 is 0 Å². The lowest BCUT2D eigenvalue weighted by atomic mass is 10.0. The molecule has 2 atom stereocenters. The van der Waals surface area contributed by atoms with E-state index in [1.54, 1.807) is 19.2 Å². The number of aromatic nitrogens is 1. The van der Waals surface area contributed by atoms with E-state index in [-0.39, 0.29) is 6.04 Å². The first-order valence-corrected chi connectivity index (χ1v) is 6.53. The minimum Gasteiger partial charge on any atom is -0.497 e. The Labute approximate surface area is 117 Å².